The first kappa shape index (κ1) is 11.4. The van der Waals surface area contributed by atoms with Gasteiger partial charge in [0, 0.05) is 38.0 Å². The quantitative estimate of drug-likeness (QED) is 0.746. The normalized spacial score (nSPS) is 30.7. The number of nitrogens with zero attached hydrogens (tertiary/aromatic N) is 1. The molecule has 2 aliphatic rings. The van der Waals surface area contributed by atoms with E-state index in [1.807, 2.05) is 0 Å². The largest absolute Gasteiger partial charge is 0.453 e. The molecule has 90 valence electrons. The zero-order valence-electron chi connectivity index (χ0n) is 9.57. The third kappa shape index (κ3) is 2.52. The van der Waals surface area contributed by atoms with Crippen LogP contribution in [-0.4, -0.2) is 49.1 Å². The Kier molecular flexibility index (Phi) is 3.43. The predicted octanol–water partition coefficient (Wildman–Crippen LogP) is 0.538. The molecule has 5 nitrogen and oxygen atoms in total. The summed E-state index contributed by atoms with van der Waals surface area (Å²) in [6.07, 6.45) is 2.96. The third-order valence-corrected chi connectivity index (χ3v) is 3.46. The Hall–Kier alpha value is -1.10. The summed E-state index contributed by atoms with van der Waals surface area (Å²) in [5.74, 6) is 0.370. The average molecular weight is 226 g/mol. The van der Waals surface area contributed by atoms with Crippen LogP contribution in [0.4, 0.5) is 4.79 Å². The zero-order chi connectivity index (χ0) is 11.5. The van der Waals surface area contributed by atoms with Gasteiger partial charge in [0.05, 0.1) is 7.11 Å². The fourth-order valence-corrected chi connectivity index (χ4v) is 2.57. The van der Waals surface area contributed by atoms with Crippen molar-refractivity contribution in [2.75, 3.05) is 20.2 Å². The van der Waals surface area contributed by atoms with Crippen molar-refractivity contribution in [3.8, 4) is 0 Å². The van der Waals surface area contributed by atoms with E-state index in [1.54, 1.807) is 0 Å². The van der Waals surface area contributed by atoms with Crippen LogP contribution in [0.5, 0.6) is 0 Å². The fraction of sp³-hybridized carbons (Fsp3) is 0.818. The van der Waals surface area contributed by atoms with Crippen molar-refractivity contribution in [2.45, 2.75) is 37.8 Å². The second-order valence-electron chi connectivity index (χ2n) is 4.55. The predicted molar refractivity (Wildman–Crippen MR) is 58.2 cm³/mol. The Labute approximate surface area is 95.1 Å². The van der Waals surface area contributed by atoms with Crippen LogP contribution in [0, 0.1) is 0 Å². The van der Waals surface area contributed by atoms with Gasteiger partial charge in [-0.1, -0.05) is 0 Å². The van der Waals surface area contributed by atoms with Crippen molar-refractivity contribution in [1.82, 2.24) is 10.2 Å². The topological polar surface area (TPSA) is 58.6 Å². The zero-order valence-corrected chi connectivity index (χ0v) is 9.57. The molecule has 16 heavy (non-hydrogen) atoms. The van der Waals surface area contributed by atoms with Gasteiger partial charge >= 0.3 is 6.09 Å². The molecule has 1 aliphatic heterocycles. The maximum Gasteiger partial charge on any atom is 0.407 e. The standard InChI is InChI=1S/C11H18N2O3/c1-16-11(15)12-8-4-5-13(7-8)9-2-3-10(14)6-9/h8-9H,2-7H2,1H3,(H,12,15). The van der Waals surface area contributed by atoms with E-state index in [0.717, 1.165) is 32.4 Å². The molecule has 0 radical (unpaired) electrons. The van der Waals surface area contributed by atoms with Crippen molar-refractivity contribution in [3.63, 3.8) is 0 Å². The van der Waals surface area contributed by atoms with Crippen molar-refractivity contribution in [3.05, 3.63) is 0 Å². The van der Waals surface area contributed by atoms with Crippen molar-refractivity contribution < 1.29 is 14.3 Å². The lowest BCUT2D eigenvalue weighted by Gasteiger charge is -2.22. The Morgan fingerprint density at radius 2 is 2.31 bits per heavy atom. The lowest BCUT2D eigenvalue weighted by molar-refractivity contribution is -0.117. The highest BCUT2D eigenvalue weighted by Crippen LogP contribution is 2.24. The molecular formula is C11H18N2O3. The SMILES string of the molecule is COC(=O)NC1CCN(C2CCC(=O)C2)C1. The molecule has 2 unspecified atom stereocenters. The summed E-state index contributed by atoms with van der Waals surface area (Å²) in [6, 6.07) is 0.570. The molecule has 1 saturated carbocycles. The number of rotatable bonds is 2. The molecule has 0 bridgehead atoms. The van der Waals surface area contributed by atoms with Gasteiger partial charge in [-0.2, -0.15) is 0 Å². The molecule has 2 rings (SSSR count). The van der Waals surface area contributed by atoms with Gasteiger partial charge in [0.1, 0.15) is 5.78 Å². The highest BCUT2D eigenvalue weighted by atomic mass is 16.5. The van der Waals surface area contributed by atoms with E-state index in [0.29, 0.717) is 18.2 Å². The van der Waals surface area contributed by atoms with E-state index in [4.69, 9.17) is 0 Å². The molecule has 2 atom stereocenters. The van der Waals surface area contributed by atoms with Gasteiger partial charge in [-0.3, -0.25) is 9.69 Å². The maximum atomic E-state index is 11.2. The van der Waals surface area contributed by atoms with E-state index in [-0.39, 0.29) is 12.1 Å². The van der Waals surface area contributed by atoms with Crippen molar-refractivity contribution in [1.29, 1.82) is 0 Å². The molecular weight excluding hydrogens is 208 g/mol. The molecule has 1 amide bonds. The number of ketones is 1. The van der Waals surface area contributed by atoms with Gasteiger partial charge in [0.15, 0.2) is 0 Å². The number of hydrogen-bond acceptors (Lipinski definition) is 4. The van der Waals surface area contributed by atoms with Crippen molar-refractivity contribution >= 4 is 11.9 Å². The first-order chi connectivity index (χ1) is 7.69. The number of hydrogen-bond donors (Lipinski definition) is 1. The van der Waals surface area contributed by atoms with Crippen LogP contribution in [0.1, 0.15) is 25.7 Å². The van der Waals surface area contributed by atoms with E-state index in [1.165, 1.54) is 7.11 Å². The van der Waals surface area contributed by atoms with Crippen LogP contribution in [-0.2, 0) is 9.53 Å². The van der Waals surface area contributed by atoms with E-state index < -0.39 is 0 Å². The van der Waals surface area contributed by atoms with E-state index in [2.05, 4.69) is 15.0 Å². The molecule has 2 fully saturated rings. The summed E-state index contributed by atoms with van der Waals surface area (Å²) in [6.45, 7) is 1.81. The Bertz CT molecular complexity index is 293. The Balaban J connectivity index is 1.79. The number of amides is 1. The summed E-state index contributed by atoms with van der Waals surface area (Å²) in [5, 5.41) is 2.81. The van der Waals surface area contributed by atoms with Crippen LogP contribution >= 0.6 is 0 Å². The van der Waals surface area contributed by atoms with Crippen LogP contribution < -0.4 is 5.32 Å². The van der Waals surface area contributed by atoms with Gasteiger partial charge < -0.3 is 10.1 Å². The molecule has 1 aliphatic carbocycles. The number of carbonyl (C=O) groups excluding carboxylic acids is 2. The minimum atomic E-state index is -0.366. The number of Topliss-reactive ketones (excluding diaryl/α,β-unsaturated/α-hetero) is 1. The first-order valence-electron chi connectivity index (χ1n) is 5.79. The number of likely N-dealkylation sites (tertiary alicyclic amines) is 1. The van der Waals surface area contributed by atoms with E-state index >= 15 is 0 Å². The van der Waals surface area contributed by atoms with Gasteiger partial charge in [-0.15, -0.1) is 0 Å². The van der Waals surface area contributed by atoms with Gasteiger partial charge in [0.25, 0.3) is 0 Å². The molecule has 0 aromatic carbocycles. The molecule has 1 heterocycles. The second kappa shape index (κ2) is 4.82. The molecule has 1 N–H and O–H groups in total. The number of carbonyl (C=O) groups is 2. The summed E-state index contributed by atoms with van der Waals surface area (Å²) < 4.78 is 4.57. The summed E-state index contributed by atoms with van der Waals surface area (Å²) in [7, 11) is 1.37. The molecule has 0 aromatic rings. The second-order valence-corrected chi connectivity index (χ2v) is 4.55. The van der Waals surface area contributed by atoms with Crippen LogP contribution in [0.15, 0.2) is 0 Å². The molecule has 0 aromatic heterocycles. The number of methoxy groups -OCH3 is 1. The summed E-state index contributed by atoms with van der Waals surface area (Å²) in [5.41, 5.74) is 0. The van der Waals surface area contributed by atoms with Crippen LogP contribution in [0.3, 0.4) is 0 Å². The molecule has 1 saturated heterocycles. The lowest BCUT2D eigenvalue weighted by Crippen LogP contribution is -2.39. The summed E-state index contributed by atoms with van der Waals surface area (Å²) >= 11 is 0. The lowest BCUT2D eigenvalue weighted by atomic mass is 10.2. The highest BCUT2D eigenvalue weighted by Gasteiger charge is 2.33. The van der Waals surface area contributed by atoms with Gasteiger partial charge in [-0.05, 0) is 12.8 Å². The average Bonchev–Trinajstić information content (AvgIpc) is 2.87. The first-order valence-corrected chi connectivity index (χ1v) is 5.79. The summed E-state index contributed by atoms with van der Waals surface area (Å²) in [4.78, 5) is 24.6. The number of nitrogens with one attached hydrogen (secondary N) is 1. The van der Waals surface area contributed by atoms with Gasteiger partial charge in [-0.25, -0.2) is 4.79 Å². The van der Waals surface area contributed by atoms with Crippen molar-refractivity contribution in [2.24, 2.45) is 0 Å². The van der Waals surface area contributed by atoms with E-state index in [9.17, 15) is 9.59 Å². The number of ether oxygens (including phenoxy) is 1. The monoisotopic (exact) mass is 226 g/mol. The molecule has 0 spiro atoms. The maximum absolute atomic E-state index is 11.2. The van der Waals surface area contributed by atoms with Crippen LogP contribution in [0.25, 0.3) is 0 Å². The van der Waals surface area contributed by atoms with Crippen LogP contribution in [0.2, 0.25) is 0 Å². The number of alkyl carbamates (subject to hydrolysis) is 1. The Morgan fingerprint density at radius 3 is 2.94 bits per heavy atom. The third-order valence-electron chi connectivity index (χ3n) is 3.46. The molecule has 5 heteroatoms. The smallest absolute Gasteiger partial charge is 0.407 e. The highest BCUT2D eigenvalue weighted by molar-refractivity contribution is 5.81. The Morgan fingerprint density at radius 1 is 1.50 bits per heavy atom. The minimum absolute atomic E-state index is 0.170. The fourth-order valence-electron chi connectivity index (χ4n) is 2.57. The van der Waals surface area contributed by atoms with Gasteiger partial charge in [0.2, 0.25) is 0 Å². The minimum Gasteiger partial charge on any atom is -0.453 e.